The number of piperidine rings is 1. The third-order valence-electron chi connectivity index (χ3n) is 5.28. The van der Waals surface area contributed by atoms with Gasteiger partial charge in [-0.1, -0.05) is 17.7 Å². The minimum atomic E-state index is -0.736. The number of ether oxygens (including phenoxy) is 1. The summed E-state index contributed by atoms with van der Waals surface area (Å²) >= 11 is 0. The summed E-state index contributed by atoms with van der Waals surface area (Å²) in [4.78, 5) is 25.9. The van der Waals surface area contributed by atoms with E-state index in [1.54, 1.807) is 4.90 Å². The van der Waals surface area contributed by atoms with Crippen LogP contribution in [0.2, 0.25) is 0 Å². The number of aryl methyl sites for hydroxylation is 1. The van der Waals surface area contributed by atoms with E-state index in [0.29, 0.717) is 31.3 Å². The van der Waals surface area contributed by atoms with Crippen LogP contribution in [0.25, 0.3) is 0 Å². The zero-order chi connectivity index (χ0) is 22.2. The molecule has 0 aromatic heterocycles. The number of carbonyl (C=O) groups excluding carboxylic acids is 2. The lowest BCUT2D eigenvalue weighted by molar-refractivity contribution is -0.123. The standard InChI is InChI=1S/C23H27F2N3O3/c1-16-2-4-21(5-3-16)31-15-22(29)26-9-6-17-7-10-28(11-8-17)23(30)27-20-13-18(24)12-19(25)14-20/h2-5,12-14,17H,6-11,15H2,1H3,(H,26,29)(H,27,30). The van der Waals surface area contributed by atoms with Crippen molar-refractivity contribution in [3.63, 3.8) is 0 Å². The predicted octanol–water partition coefficient (Wildman–Crippen LogP) is 4.10. The summed E-state index contributed by atoms with van der Waals surface area (Å²) in [7, 11) is 0. The normalized spacial score (nSPS) is 14.2. The van der Waals surface area contributed by atoms with Gasteiger partial charge in [-0.2, -0.15) is 0 Å². The van der Waals surface area contributed by atoms with E-state index in [0.717, 1.165) is 43.0 Å². The van der Waals surface area contributed by atoms with Crippen LogP contribution in [0.5, 0.6) is 5.75 Å². The van der Waals surface area contributed by atoms with Crippen molar-refractivity contribution in [2.24, 2.45) is 5.92 Å². The van der Waals surface area contributed by atoms with Gasteiger partial charge in [-0.05, 0) is 56.4 Å². The van der Waals surface area contributed by atoms with Gasteiger partial charge in [0.25, 0.3) is 5.91 Å². The van der Waals surface area contributed by atoms with E-state index in [4.69, 9.17) is 4.74 Å². The first-order valence-electron chi connectivity index (χ1n) is 10.4. The Labute approximate surface area is 180 Å². The number of carbonyl (C=O) groups is 2. The number of urea groups is 1. The van der Waals surface area contributed by atoms with E-state index >= 15 is 0 Å². The van der Waals surface area contributed by atoms with Gasteiger partial charge >= 0.3 is 6.03 Å². The molecule has 31 heavy (non-hydrogen) atoms. The van der Waals surface area contributed by atoms with E-state index in [9.17, 15) is 18.4 Å². The SMILES string of the molecule is Cc1ccc(OCC(=O)NCCC2CCN(C(=O)Nc3cc(F)cc(F)c3)CC2)cc1. The molecule has 0 aliphatic carbocycles. The highest BCUT2D eigenvalue weighted by Gasteiger charge is 2.23. The molecule has 2 aromatic rings. The number of nitrogens with zero attached hydrogens (tertiary/aromatic N) is 1. The lowest BCUT2D eigenvalue weighted by Crippen LogP contribution is -2.41. The van der Waals surface area contributed by atoms with Gasteiger partial charge in [0.15, 0.2) is 6.61 Å². The average Bonchev–Trinajstić information content (AvgIpc) is 2.73. The van der Waals surface area contributed by atoms with Crippen molar-refractivity contribution in [3.8, 4) is 5.75 Å². The van der Waals surface area contributed by atoms with Crippen LogP contribution < -0.4 is 15.4 Å². The van der Waals surface area contributed by atoms with Crippen molar-refractivity contribution in [1.82, 2.24) is 10.2 Å². The van der Waals surface area contributed by atoms with E-state index in [2.05, 4.69) is 10.6 Å². The zero-order valence-electron chi connectivity index (χ0n) is 17.5. The number of hydrogen-bond donors (Lipinski definition) is 2. The average molecular weight is 431 g/mol. The highest BCUT2D eigenvalue weighted by Crippen LogP contribution is 2.21. The van der Waals surface area contributed by atoms with Gasteiger partial charge < -0.3 is 20.3 Å². The van der Waals surface area contributed by atoms with Crippen molar-refractivity contribution in [2.75, 3.05) is 31.6 Å². The molecular formula is C23H27F2N3O3. The molecule has 0 saturated carbocycles. The molecule has 1 aliphatic rings. The smallest absolute Gasteiger partial charge is 0.321 e. The van der Waals surface area contributed by atoms with Crippen molar-refractivity contribution in [1.29, 1.82) is 0 Å². The molecule has 3 amide bonds. The quantitative estimate of drug-likeness (QED) is 0.693. The van der Waals surface area contributed by atoms with E-state index in [1.807, 2.05) is 31.2 Å². The van der Waals surface area contributed by atoms with E-state index in [1.165, 1.54) is 0 Å². The topological polar surface area (TPSA) is 70.7 Å². The zero-order valence-corrected chi connectivity index (χ0v) is 17.5. The molecule has 0 spiro atoms. The second-order valence-electron chi connectivity index (χ2n) is 7.76. The highest BCUT2D eigenvalue weighted by molar-refractivity contribution is 5.89. The molecule has 3 rings (SSSR count). The number of halogens is 2. The molecule has 0 radical (unpaired) electrons. The molecule has 1 saturated heterocycles. The summed E-state index contributed by atoms with van der Waals surface area (Å²) < 4.78 is 32.0. The molecule has 1 fully saturated rings. The number of nitrogens with one attached hydrogen (secondary N) is 2. The fourth-order valence-corrected chi connectivity index (χ4v) is 3.50. The fraction of sp³-hybridized carbons (Fsp3) is 0.391. The summed E-state index contributed by atoms with van der Waals surface area (Å²) in [6.07, 6.45) is 2.43. The van der Waals surface area contributed by atoms with Crippen LogP contribution in [0.1, 0.15) is 24.8 Å². The Hall–Kier alpha value is -3.16. The van der Waals surface area contributed by atoms with Crippen LogP contribution in [0.15, 0.2) is 42.5 Å². The molecular weight excluding hydrogens is 404 g/mol. The van der Waals surface area contributed by atoms with Crippen LogP contribution in [0.4, 0.5) is 19.3 Å². The highest BCUT2D eigenvalue weighted by atomic mass is 19.1. The van der Waals surface area contributed by atoms with Gasteiger partial charge in [-0.25, -0.2) is 13.6 Å². The molecule has 166 valence electrons. The van der Waals surface area contributed by atoms with Crippen molar-refractivity contribution >= 4 is 17.6 Å². The second-order valence-corrected chi connectivity index (χ2v) is 7.76. The predicted molar refractivity (Wildman–Crippen MR) is 114 cm³/mol. The monoisotopic (exact) mass is 431 g/mol. The third kappa shape index (κ3) is 7.24. The van der Waals surface area contributed by atoms with Gasteiger partial charge in [0.05, 0.1) is 0 Å². The second kappa shape index (κ2) is 10.7. The molecule has 6 nitrogen and oxygen atoms in total. The molecule has 8 heteroatoms. The summed E-state index contributed by atoms with van der Waals surface area (Å²) in [6, 6.07) is 10.1. The Morgan fingerprint density at radius 3 is 2.35 bits per heavy atom. The largest absolute Gasteiger partial charge is 0.484 e. The van der Waals surface area contributed by atoms with Crippen molar-refractivity contribution in [3.05, 3.63) is 59.7 Å². The summed E-state index contributed by atoms with van der Waals surface area (Å²) in [6.45, 7) is 3.62. The van der Waals surface area contributed by atoms with Crippen LogP contribution in [0, 0.1) is 24.5 Å². The first-order chi connectivity index (χ1) is 14.9. The molecule has 2 aromatic carbocycles. The minimum absolute atomic E-state index is 0.0254. The van der Waals surface area contributed by atoms with Gasteiger partial charge in [0.1, 0.15) is 17.4 Å². The summed E-state index contributed by atoms with van der Waals surface area (Å²) in [5.41, 5.74) is 1.23. The Kier molecular flexibility index (Phi) is 7.81. The van der Waals surface area contributed by atoms with Crippen molar-refractivity contribution < 1.29 is 23.1 Å². The number of amides is 3. The first-order valence-corrected chi connectivity index (χ1v) is 10.4. The van der Waals surface area contributed by atoms with Gasteiger partial charge in [-0.3, -0.25) is 4.79 Å². The number of anilines is 1. The maximum Gasteiger partial charge on any atom is 0.321 e. The number of hydrogen-bond acceptors (Lipinski definition) is 3. The summed E-state index contributed by atoms with van der Waals surface area (Å²) in [5, 5.41) is 5.39. The molecule has 2 N–H and O–H groups in total. The lowest BCUT2D eigenvalue weighted by atomic mass is 9.94. The molecule has 1 aliphatic heterocycles. The Morgan fingerprint density at radius 1 is 1.06 bits per heavy atom. The fourth-order valence-electron chi connectivity index (χ4n) is 3.50. The van der Waals surface area contributed by atoms with Crippen LogP contribution >= 0.6 is 0 Å². The van der Waals surface area contributed by atoms with E-state index in [-0.39, 0.29) is 24.2 Å². The van der Waals surface area contributed by atoms with Crippen LogP contribution in [0.3, 0.4) is 0 Å². The first kappa shape index (κ1) is 22.5. The minimum Gasteiger partial charge on any atom is -0.484 e. The van der Waals surface area contributed by atoms with E-state index < -0.39 is 11.6 Å². The third-order valence-corrected chi connectivity index (χ3v) is 5.28. The lowest BCUT2D eigenvalue weighted by Gasteiger charge is -2.32. The Morgan fingerprint density at radius 2 is 1.71 bits per heavy atom. The summed E-state index contributed by atoms with van der Waals surface area (Å²) in [5.74, 6) is -0.582. The Balaban J connectivity index is 1.32. The molecule has 0 unspecified atom stereocenters. The van der Waals surface area contributed by atoms with Gasteiger partial charge in [-0.15, -0.1) is 0 Å². The number of rotatable bonds is 7. The van der Waals surface area contributed by atoms with Gasteiger partial charge in [0.2, 0.25) is 0 Å². The van der Waals surface area contributed by atoms with Crippen LogP contribution in [-0.2, 0) is 4.79 Å². The van der Waals surface area contributed by atoms with Crippen LogP contribution in [-0.4, -0.2) is 43.1 Å². The molecule has 0 bridgehead atoms. The molecule has 0 atom stereocenters. The Bertz CT molecular complexity index is 877. The number of benzene rings is 2. The maximum atomic E-state index is 13.3. The maximum absolute atomic E-state index is 13.3. The van der Waals surface area contributed by atoms with Crippen molar-refractivity contribution in [2.45, 2.75) is 26.2 Å². The molecule has 1 heterocycles. The van der Waals surface area contributed by atoms with Gasteiger partial charge in [0, 0.05) is 31.4 Å². The number of likely N-dealkylation sites (tertiary alicyclic amines) is 1.